The second kappa shape index (κ2) is 7.64. The van der Waals surface area contributed by atoms with Crippen LogP contribution < -0.4 is 5.32 Å². The van der Waals surface area contributed by atoms with Crippen molar-refractivity contribution in [3.05, 3.63) is 76.7 Å². The number of carbonyl (C=O) groups is 1. The third kappa shape index (κ3) is 3.97. The lowest BCUT2D eigenvalue weighted by Crippen LogP contribution is -2.13. The Morgan fingerprint density at radius 2 is 1.88 bits per heavy atom. The second-order valence-corrected chi connectivity index (χ2v) is 5.77. The Morgan fingerprint density at radius 3 is 2.54 bits per heavy atom. The Labute approximate surface area is 153 Å². The minimum absolute atomic E-state index is 0.0929. The highest BCUT2D eigenvalue weighted by Crippen LogP contribution is 2.23. The van der Waals surface area contributed by atoms with Gasteiger partial charge in [0.05, 0.1) is 11.9 Å². The maximum absolute atomic E-state index is 13.1. The van der Waals surface area contributed by atoms with Crippen molar-refractivity contribution < 1.29 is 9.18 Å². The zero-order valence-electron chi connectivity index (χ0n) is 13.3. The molecule has 0 spiro atoms. The standard InChI is InChI=1S/C19H12ClFN4O/c20-15-3-7-17(8-4-15)24-19(26)13(10-22)9-14-11-23-25-18(14)12-1-5-16(21)6-2-12/h1-9,11H,(H,23,25)(H,24,26)/b13-9+. The summed E-state index contributed by atoms with van der Waals surface area (Å²) in [6.45, 7) is 0. The monoisotopic (exact) mass is 366 g/mol. The SMILES string of the molecule is N#C/C(=C\c1cn[nH]c1-c1ccc(F)cc1)C(=O)Nc1ccc(Cl)cc1. The number of benzene rings is 2. The molecule has 0 saturated carbocycles. The maximum Gasteiger partial charge on any atom is 0.266 e. The summed E-state index contributed by atoms with van der Waals surface area (Å²) in [5.74, 6) is -0.911. The average Bonchev–Trinajstić information content (AvgIpc) is 3.10. The van der Waals surface area contributed by atoms with Gasteiger partial charge in [0, 0.05) is 21.8 Å². The number of aromatic nitrogens is 2. The van der Waals surface area contributed by atoms with E-state index < -0.39 is 5.91 Å². The van der Waals surface area contributed by atoms with Crippen LogP contribution in [0.25, 0.3) is 17.3 Å². The van der Waals surface area contributed by atoms with Crippen LogP contribution in [0.1, 0.15) is 5.56 Å². The number of halogens is 2. The number of hydrogen-bond donors (Lipinski definition) is 2. The minimum atomic E-state index is -0.555. The van der Waals surface area contributed by atoms with Crippen molar-refractivity contribution in [3.8, 4) is 17.3 Å². The number of aromatic amines is 1. The van der Waals surface area contributed by atoms with Crippen molar-refractivity contribution >= 4 is 29.3 Å². The van der Waals surface area contributed by atoms with E-state index in [1.165, 1.54) is 24.4 Å². The van der Waals surface area contributed by atoms with Crippen LogP contribution in [0, 0.1) is 17.1 Å². The average molecular weight is 367 g/mol. The molecule has 0 aliphatic heterocycles. The van der Waals surface area contributed by atoms with Crippen molar-refractivity contribution in [1.82, 2.24) is 10.2 Å². The van der Waals surface area contributed by atoms with E-state index in [0.29, 0.717) is 27.5 Å². The molecule has 0 aliphatic rings. The molecule has 0 bridgehead atoms. The van der Waals surface area contributed by atoms with E-state index in [-0.39, 0.29) is 11.4 Å². The second-order valence-electron chi connectivity index (χ2n) is 5.34. The first-order chi connectivity index (χ1) is 12.6. The van der Waals surface area contributed by atoms with Gasteiger partial charge in [0.1, 0.15) is 17.5 Å². The molecule has 128 valence electrons. The molecule has 0 atom stereocenters. The van der Waals surface area contributed by atoms with E-state index in [1.54, 1.807) is 36.4 Å². The van der Waals surface area contributed by atoms with Gasteiger partial charge in [-0.05, 0) is 54.6 Å². The van der Waals surface area contributed by atoms with E-state index >= 15 is 0 Å². The zero-order valence-corrected chi connectivity index (χ0v) is 14.1. The van der Waals surface area contributed by atoms with Gasteiger partial charge in [0.25, 0.3) is 5.91 Å². The van der Waals surface area contributed by atoms with Crippen LogP contribution in [0.4, 0.5) is 10.1 Å². The van der Waals surface area contributed by atoms with Gasteiger partial charge in [0.2, 0.25) is 0 Å². The first-order valence-electron chi connectivity index (χ1n) is 7.55. The zero-order chi connectivity index (χ0) is 18.5. The molecule has 3 rings (SSSR count). The summed E-state index contributed by atoms with van der Waals surface area (Å²) in [4.78, 5) is 12.3. The normalized spacial score (nSPS) is 11.0. The molecule has 0 radical (unpaired) electrons. The van der Waals surface area contributed by atoms with Crippen LogP contribution in [-0.2, 0) is 4.79 Å². The van der Waals surface area contributed by atoms with Crippen LogP contribution in [0.5, 0.6) is 0 Å². The Morgan fingerprint density at radius 1 is 1.19 bits per heavy atom. The van der Waals surface area contributed by atoms with Crippen LogP contribution in [-0.4, -0.2) is 16.1 Å². The predicted octanol–water partition coefficient (Wildman–Crippen LogP) is 4.41. The van der Waals surface area contributed by atoms with Crippen LogP contribution in [0.15, 0.2) is 60.3 Å². The number of rotatable bonds is 4. The first kappa shape index (κ1) is 17.4. The molecule has 0 saturated heterocycles. The Kier molecular flexibility index (Phi) is 5.11. The largest absolute Gasteiger partial charge is 0.321 e. The number of H-pyrrole nitrogens is 1. The molecule has 2 aromatic carbocycles. The van der Waals surface area contributed by atoms with Gasteiger partial charge in [-0.2, -0.15) is 10.4 Å². The van der Waals surface area contributed by atoms with E-state index in [0.717, 1.165) is 0 Å². The topological polar surface area (TPSA) is 81.6 Å². The summed E-state index contributed by atoms with van der Waals surface area (Å²) in [6.07, 6.45) is 2.92. The molecule has 1 aromatic heterocycles. The van der Waals surface area contributed by atoms with Crippen LogP contribution >= 0.6 is 11.6 Å². The van der Waals surface area contributed by atoms with E-state index in [2.05, 4.69) is 15.5 Å². The highest BCUT2D eigenvalue weighted by Gasteiger charge is 2.13. The lowest BCUT2D eigenvalue weighted by Gasteiger charge is -2.05. The number of anilines is 1. The number of carbonyl (C=O) groups excluding carboxylic acids is 1. The molecule has 2 N–H and O–H groups in total. The minimum Gasteiger partial charge on any atom is -0.321 e. The number of amides is 1. The molecule has 7 heteroatoms. The molecular formula is C19H12ClFN4O. The van der Waals surface area contributed by atoms with Gasteiger partial charge < -0.3 is 5.32 Å². The van der Waals surface area contributed by atoms with Gasteiger partial charge in [-0.15, -0.1) is 0 Å². The Hall–Kier alpha value is -3.43. The summed E-state index contributed by atoms with van der Waals surface area (Å²) < 4.78 is 13.1. The summed E-state index contributed by atoms with van der Waals surface area (Å²) in [6, 6.07) is 14.2. The predicted molar refractivity (Wildman–Crippen MR) is 97.7 cm³/mol. The molecular weight excluding hydrogens is 355 g/mol. The van der Waals surface area contributed by atoms with Gasteiger partial charge in [-0.3, -0.25) is 9.89 Å². The third-order valence-electron chi connectivity index (χ3n) is 3.57. The van der Waals surface area contributed by atoms with Crippen molar-refractivity contribution in [2.75, 3.05) is 5.32 Å². The molecule has 0 unspecified atom stereocenters. The first-order valence-corrected chi connectivity index (χ1v) is 7.92. The number of nitrogens with one attached hydrogen (secondary N) is 2. The molecule has 1 heterocycles. The fourth-order valence-electron chi connectivity index (χ4n) is 2.29. The lowest BCUT2D eigenvalue weighted by molar-refractivity contribution is -0.112. The van der Waals surface area contributed by atoms with Crippen LogP contribution in [0.3, 0.4) is 0 Å². The maximum atomic E-state index is 13.1. The van der Waals surface area contributed by atoms with Crippen molar-refractivity contribution in [2.24, 2.45) is 0 Å². The lowest BCUT2D eigenvalue weighted by atomic mass is 10.1. The molecule has 3 aromatic rings. The molecule has 26 heavy (non-hydrogen) atoms. The Balaban J connectivity index is 1.87. The van der Waals surface area contributed by atoms with E-state index in [9.17, 15) is 14.4 Å². The quantitative estimate of drug-likeness (QED) is 0.530. The van der Waals surface area contributed by atoms with Gasteiger partial charge in [-0.1, -0.05) is 11.6 Å². The summed E-state index contributed by atoms with van der Waals surface area (Å²) >= 11 is 5.81. The highest BCUT2D eigenvalue weighted by molar-refractivity contribution is 6.30. The van der Waals surface area contributed by atoms with Crippen LogP contribution in [0.2, 0.25) is 5.02 Å². The molecule has 5 nitrogen and oxygen atoms in total. The number of hydrogen-bond acceptors (Lipinski definition) is 3. The van der Waals surface area contributed by atoms with Crippen molar-refractivity contribution in [2.45, 2.75) is 0 Å². The smallest absolute Gasteiger partial charge is 0.266 e. The van der Waals surface area contributed by atoms with Crippen molar-refractivity contribution in [3.63, 3.8) is 0 Å². The summed E-state index contributed by atoms with van der Waals surface area (Å²) in [5, 5.41) is 19.2. The van der Waals surface area contributed by atoms with Gasteiger partial charge >= 0.3 is 0 Å². The highest BCUT2D eigenvalue weighted by atomic mass is 35.5. The summed E-state index contributed by atoms with van der Waals surface area (Å²) in [7, 11) is 0. The fraction of sp³-hybridized carbons (Fsp3) is 0. The van der Waals surface area contributed by atoms with Gasteiger partial charge in [0.15, 0.2) is 0 Å². The fourth-order valence-corrected chi connectivity index (χ4v) is 2.41. The number of nitriles is 1. The van der Waals surface area contributed by atoms with Crippen molar-refractivity contribution in [1.29, 1.82) is 5.26 Å². The molecule has 0 aliphatic carbocycles. The third-order valence-corrected chi connectivity index (χ3v) is 3.82. The molecule has 1 amide bonds. The van der Waals surface area contributed by atoms with Gasteiger partial charge in [-0.25, -0.2) is 4.39 Å². The Bertz CT molecular complexity index is 1000. The summed E-state index contributed by atoms with van der Waals surface area (Å²) in [5.41, 5.74) is 2.23. The van der Waals surface area contributed by atoms with E-state index in [4.69, 9.17) is 11.6 Å². The van der Waals surface area contributed by atoms with E-state index in [1.807, 2.05) is 6.07 Å². The molecule has 0 fully saturated rings. The number of nitrogens with zero attached hydrogens (tertiary/aromatic N) is 2.